The second-order valence-electron chi connectivity index (χ2n) is 8.17. The minimum Gasteiger partial charge on any atom is -0.481 e. The number of rotatable bonds is 6. The highest BCUT2D eigenvalue weighted by molar-refractivity contribution is 6.01. The highest BCUT2D eigenvalue weighted by Crippen LogP contribution is 2.42. The number of benzene rings is 2. The number of alkyl halides is 3. The molecule has 0 aromatic heterocycles. The molecule has 1 saturated carbocycles. The molecule has 3 rings (SSSR count). The van der Waals surface area contributed by atoms with E-state index in [0.29, 0.717) is 24.5 Å². The van der Waals surface area contributed by atoms with Crippen molar-refractivity contribution in [3.05, 3.63) is 71.8 Å². The van der Waals surface area contributed by atoms with E-state index in [1.165, 1.54) is 12.1 Å². The van der Waals surface area contributed by atoms with Crippen LogP contribution in [0.4, 0.5) is 33.3 Å². The second kappa shape index (κ2) is 10.2. The van der Waals surface area contributed by atoms with Gasteiger partial charge in [-0.15, -0.1) is 0 Å². The summed E-state index contributed by atoms with van der Waals surface area (Å²) in [6.07, 6.45) is -3.66. The lowest BCUT2D eigenvalue weighted by Gasteiger charge is -2.35. The molecule has 0 unspecified atom stereocenters. The van der Waals surface area contributed by atoms with Crippen LogP contribution in [0.15, 0.2) is 54.9 Å². The molecular formula is C24H21F5N2O4. The van der Waals surface area contributed by atoms with E-state index in [1.807, 2.05) is 0 Å². The van der Waals surface area contributed by atoms with Gasteiger partial charge in [-0.25, -0.2) is 8.78 Å². The number of amides is 2. The van der Waals surface area contributed by atoms with Gasteiger partial charge in [-0.05, 0) is 54.7 Å². The first kappa shape index (κ1) is 25.9. The van der Waals surface area contributed by atoms with E-state index in [4.69, 9.17) is 0 Å². The summed E-state index contributed by atoms with van der Waals surface area (Å²) in [7, 11) is 0. The molecule has 2 aromatic carbocycles. The zero-order valence-corrected chi connectivity index (χ0v) is 18.2. The first-order valence-electron chi connectivity index (χ1n) is 10.5. The minimum atomic E-state index is -4.76. The third-order valence-corrected chi connectivity index (χ3v) is 5.92. The molecule has 1 aliphatic carbocycles. The van der Waals surface area contributed by atoms with E-state index in [1.54, 1.807) is 12.1 Å². The summed E-state index contributed by atoms with van der Waals surface area (Å²) < 4.78 is 65.4. The average molecular weight is 496 g/mol. The Morgan fingerprint density at radius 2 is 1.66 bits per heavy atom. The van der Waals surface area contributed by atoms with Gasteiger partial charge in [-0.2, -0.15) is 13.2 Å². The van der Waals surface area contributed by atoms with Gasteiger partial charge >= 0.3 is 12.1 Å². The molecule has 2 amide bonds. The Morgan fingerprint density at radius 3 is 2.20 bits per heavy atom. The molecule has 0 bridgehead atoms. The minimum absolute atomic E-state index is 0.189. The summed E-state index contributed by atoms with van der Waals surface area (Å²) in [6, 6.07) is 7.67. The molecule has 3 N–H and O–H groups in total. The first-order valence-corrected chi connectivity index (χ1v) is 10.5. The maximum absolute atomic E-state index is 14.2. The van der Waals surface area contributed by atoms with Crippen molar-refractivity contribution >= 4 is 29.2 Å². The number of aliphatic carboxylic acids is 1. The third-order valence-electron chi connectivity index (χ3n) is 5.92. The van der Waals surface area contributed by atoms with E-state index in [-0.39, 0.29) is 18.2 Å². The summed E-state index contributed by atoms with van der Waals surface area (Å²) in [5.74, 6) is -8.41. The lowest BCUT2D eigenvalue weighted by molar-refractivity contribution is -0.148. The van der Waals surface area contributed by atoms with Crippen molar-refractivity contribution in [1.82, 2.24) is 0 Å². The molecule has 6 nitrogen and oxygen atoms in total. The van der Waals surface area contributed by atoms with Crippen LogP contribution in [0.1, 0.15) is 36.3 Å². The summed E-state index contributed by atoms with van der Waals surface area (Å²) in [5, 5.41) is 14.4. The molecule has 0 saturated heterocycles. The van der Waals surface area contributed by atoms with Crippen LogP contribution < -0.4 is 10.6 Å². The van der Waals surface area contributed by atoms with Gasteiger partial charge in [0.2, 0.25) is 5.91 Å². The maximum Gasteiger partial charge on any atom is 0.416 e. The van der Waals surface area contributed by atoms with E-state index in [2.05, 4.69) is 17.2 Å². The number of anilines is 2. The number of carbonyl (C=O) groups is 3. The molecule has 0 spiro atoms. The van der Waals surface area contributed by atoms with Gasteiger partial charge in [0.05, 0.1) is 23.1 Å². The number of nitrogens with one attached hydrogen (secondary N) is 2. The van der Waals surface area contributed by atoms with Crippen LogP contribution in [0.25, 0.3) is 0 Å². The zero-order valence-electron chi connectivity index (χ0n) is 18.2. The maximum atomic E-state index is 14.2. The molecular weight excluding hydrogens is 475 g/mol. The van der Waals surface area contributed by atoms with Gasteiger partial charge in [0.1, 0.15) is 5.82 Å². The fourth-order valence-corrected chi connectivity index (χ4v) is 4.24. The van der Waals surface area contributed by atoms with Gasteiger partial charge in [-0.3, -0.25) is 14.4 Å². The standard InChI is InChI=1S/C24H21F5N2O4/c1-12(25)21(32)30-15-8-5-13(6-9-15)16-3-2-4-17(20(16)23(34)35)22(33)31-19-10-7-14(11-18(19)26)24(27,28)29/h5-11,16-17,20H,1-4H2,(H,30,32)(H,31,33)(H,34,35)/t16-,17-,20-/m1/s1. The Morgan fingerprint density at radius 1 is 1.00 bits per heavy atom. The van der Waals surface area contributed by atoms with Crippen LogP contribution in [-0.4, -0.2) is 22.9 Å². The van der Waals surface area contributed by atoms with Gasteiger partial charge in [-0.1, -0.05) is 25.1 Å². The van der Waals surface area contributed by atoms with Crippen LogP contribution in [0.3, 0.4) is 0 Å². The van der Waals surface area contributed by atoms with Gasteiger partial charge < -0.3 is 15.7 Å². The number of hydrogen-bond acceptors (Lipinski definition) is 3. The quantitative estimate of drug-likeness (QED) is 0.364. The molecule has 0 radical (unpaired) electrons. The Kier molecular flexibility index (Phi) is 7.57. The summed E-state index contributed by atoms with van der Waals surface area (Å²) in [6.45, 7) is 2.89. The first-order chi connectivity index (χ1) is 16.4. The van der Waals surface area contributed by atoms with Crippen LogP contribution >= 0.6 is 0 Å². The smallest absolute Gasteiger partial charge is 0.416 e. The number of carboxylic acids is 1. The van der Waals surface area contributed by atoms with Crippen molar-refractivity contribution < 1.29 is 41.4 Å². The number of carboxylic acid groups (broad SMARTS) is 1. The number of hydrogen-bond donors (Lipinski definition) is 3. The molecule has 35 heavy (non-hydrogen) atoms. The SMILES string of the molecule is C=C(F)C(=O)Nc1ccc([C@H]2CCC[C@@H](C(=O)Nc3ccc(C(F)(F)F)cc3F)[C@@H]2C(=O)O)cc1. The van der Waals surface area contributed by atoms with Crippen molar-refractivity contribution in [1.29, 1.82) is 0 Å². The van der Waals surface area contributed by atoms with Crippen LogP contribution in [-0.2, 0) is 20.6 Å². The van der Waals surface area contributed by atoms with E-state index in [0.717, 1.165) is 6.07 Å². The van der Waals surface area contributed by atoms with Gasteiger partial charge in [0, 0.05) is 5.69 Å². The molecule has 186 valence electrons. The lowest BCUT2D eigenvalue weighted by atomic mass is 9.69. The molecule has 11 heteroatoms. The topological polar surface area (TPSA) is 95.5 Å². The summed E-state index contributed by atoms with van der Waals surface area (Å²) >= 11 is 0. The molecule has 3 atom stereocenters. The van der Waals surface area contributed by atoms with Gasteiger partial charge in [0.15, 0.2) is 5.83 Å². The lowest BCUT2D eigenvalue weighted by Crippen LogP contribution is -2.40. The van der Waals surface area contributed by atoms with E-state index in [9.17, 15) is 41.4 Å². The Labute approximate surface area is 196 Å². The predicted octanol–water partition coefficient (Wildman–Crippen LogP) is 5.49. The van der Waals surface area contributed by atoms with Crippen molar-refractivity contribution in [3.63, 3.8) is 0 Å². The molecule has 0 aliphatic heterocycles. The monoisotopic (exact) mass is 496 g/mol. The van der Waals surface area contributed by atoms with Crippen molar-refractivity contribution in [2.24, 2.45) is 11.8 Å². The summed E-state index contributed by atoms with van der Waals surface area (Å²) in [5.41, 5.74) is -0.881. The zero-order chi connectivity index (χ0) is 25.9. The Balaban J connectivity index is 1.80. The van der Waals surface area contributed by atoms with E-state index < -0.39 is 64.6 Å². The highest BCUT2D eigenvalue weighted by Gasteiger charge is 2.43. The molecule has 1 aliphatic rings. The highest BCUT2D eigenvalue weighted by atomic mass is 19.4. The number of halogens is 5. The average Bonchev–Trinajstić information content (AvgIpc) is 2.79. The Bertz CT molecular complexity index is 1150. The predicted molar refractivity (Wildman–Crippen MR) is 117 cm³/mol. The fraction of sp³-hybridized carbons (Fsp3) is 0.292. The normalized spacial score (nSPS) is 20.1. The van der Waals surface area contributed by atoms with Crippen LogP contribution in [0.2, 0.25) is 0 Å². The van der Waals surface area contributed by atoms with E-state index >= 15 is 0 Å². The van der Waals surface area contributed by atoms with Crippen molar-refractivity contribution in [3.8, 4) is 0 Å². The van der Waals surface area contributed by atoms with Gasteiger partial charge in [0.25, 0.3) is 5.91 Å². The second-order valence-corrected chi connectivity index (χ2v) is 8.17. The van der Waals surface area contributed by atoms with Crippen molar-refractivity contribution in [2.75, 3.05) is 10.6 Å². The third kappa shape index (κ3) is 6.03. The van der Waals surface area contributed by atoms with Crippen LogP contribution in [0.5, 0.6) is 0 Å². The fourth-order valence-electron chi connectivity index (χ4n) is 4.24. The molecule has 1 fully saturated rings. The molecule has 0 heterocycles. The van der Waals surface area contributed by atoms with Crippen molar-refractivity contribution in [2.45, 2.75) is 31.4 Å². The van der Waals surface area contributed by atoms with Crippen LogP contribution in [0, 0.1) is 17.7 Å². The number of carbonyl (C=O) groups excluding carboxylic acids is 2. The summed E-state index contributed by atoms with van der Waals surface area (Å²) in [4.78, 5) is 36.4. The largest absolute Gasteiger partial charge is 0.481 e. The Hall–Kier alpha value is -3.76. The molecule has 2 aromatic rings.